The van der Waals surface area contributed by atoms with Crippen LogP contribution in [0.15, 0.2) is 18.2 Å². The molecule has 0 aliphatic carbocycles. The van der Waals surface area contributed by atoms with Gasteiger partial charge in [0.1, 0.15) is 17.3 Å². The number of nitrogens with zero attached hydrogens (tertiary/aromatic N) is 1. The van der Waals surface area contributed by atoms with Crippen LogP contribution in [-0.4, -0.2) is 37.1 Å². The van der Waals surface area contributed by atoms with Crippen molar-refractivity contribution in [3.05, 3.63) is 29.7 Å². The summed E-state index contributed by atoms with van der Waals surface area (Å²) in [7, 11) is 5.10. The van der Waals surface area contributed by atoms with Crippen LogP contribution in [0.5, 0.6) is 0 Å². The van der Waals surface area contributed by atoms with E-state index in [-0.39, 0.29) is 11.8 Å². The van der Waals surface area contributed by atoms with E-state index in [9.17, 15) is 9.18 Å². The number of rotatable bonds is 4. The van der Waals surface area contributed by atoms with E-state index in [4.69, 9.17) is 23.3 Å². The molecule has 2 radical (unpaired) electrons. The molecule has 0 bridgehead atoms. The molecule has 0 spiro atoms. The molecule has 1 saturated heterocycles. The van der Waals surface area contributed by atoms with Gasteiger partial charge in [0.25, 0.3) is 5.97 Å². The van der Waals surface area contributed by atoms with Crippen molar-refractivity contribution in [1.29, 1.82) is 0 Å². The Morgan fingerprint density at radius 3 is 2.73 bits per heavy atom. The van der Waals surface area contributed by atoms with Gasteiger partial charge in [-0.15, -0.1) is 0 Å². The molecule has 0 saturated carbocycles. The summed E-state index contributed by atoms with van der Waals surface area (Å²) < 4.78 is 31.9. The molecule has 1 atom stereocenters. The van der Waals surface area contributed by atoms with Gasteiger partial charge in [0.2, 0.25) is 0 Å². The molecular weight excluding hydrogens is 338 g/mol. The summed E-state index contributed by atoms with van der Waals surface area (Å²) in [6, 6.07) is 4.70. The first-order chi connectivity index (χ1) is 12.0. The van der Waals surface area contributed by atoms with Crippen molar-refractivity contribution < 1.29 is 23.3 Å². The van der Waals surface area contributed by atoms with Crippen LogP contribution < -0.4 is 5.73 Å². The van der Waals surface area contributed by atoms with Crippen LogP contribution in [0.2, 0.25) is 0 Å². The number of halogens is 1. The number of fused-ring (bicyclic) bond motifs is 1. The van der Waals surface area contributed by atoms with Gasteiger partial charge < -0.3 is 24.4 Å². The quantitative estimate of drug-likeness (QED) is 0.670. The summed E-state index contributed by atoms with van der Waals surface area (Å²) in [4.78, 5) is 12.2. The van der Waals surface area contributed by atoms with Crippen LogP contribution >= 0.6 is 0 Å². The first kappa shape index (κ1) is 18.7. The molecule has 6 nitrogen and oxygen atoms in total. The average Bonchev–Trinajstić information content (AvgIpc) is 3.08. The van der Waals surface area contributed by atoms with E-state index in [2.05, 4.69) is 4.65 Å². The highest BCUT2D eigenvalue weighted by Crippen LogP contribution is 2.34. The van der Waals surface area contributed by atoms with Gasteiger partial charge in [-0.2, -0.15) is 0 Å². The summed E-state index contributed by atoms with van der Waals surface area (Å²) in [6.07, 6.45) is -0.246. The van der Waals surface area contributed by atoms with Crippen LogP contribution in [0.1, 0.15) is 33.4 Å². The van der Waals surface area contributed by atoms with Crippen LogP contribution in [0, 0.1) is 5.82 Å². The Kier molecular flexibility index (Phi) is 4.52. The summed E-state index contributed by atoms with van der Waals surface area (Å²) in [5.41, 5.74) is 5.93. The predicted octanol–water partition coefficient (Wildman–Crippen LogP) is 2.42. The fourth-order valence-corrected chi connectivity index (χ4v) is 3.32. The van der Waals surface area contributed by atoms with Crippen LogP contribution in [0.3, 0.4) is 0 Å². The Balaban J connectivity index is 2.12. The van der Waals surface area contributed by atoms with Crippen LogP contribution in [-0.2, 0) is 30.9 Å². The summed E-state index contributed by atoms with van der Waals surface area (Å²) in [6.45, 7) is 7.83. The lowest BCUT2D eigenvalue weighted by Gasteiger charge is -2.26. The topological polar surface area (TPSA) is 75.7 Å². The molecule has 1 aromatic carbocycles. The normalized spacial score (nSPS) is 19.8. The zero-order valence-corrected chi connectivity index (χ0v) is 15.3. The predicted molar refractivity (Wildman–Crippen MR) is 96.1 cm³/mol. The standard InChI is InChI=1S/C18H22BFN2O4/c1-17(2,16(23)26-19)15-6-10-5-13(21)12(20)7-14(10)22(15)8-11-9-24-18(3,4)25-11/h5-7,11H,8-9,21H2,1-4H3. The number of anilines is 1. The van der Waals surface area contributed by atoms with Crippen LogP contribution in [0.4, 0.5) is 10.1 Å². The van der Waals surface area contributed by atoms with Gasteiger partial charge in [-0.1, -0.05) is 0 Å². The maximum atomic E-state index is 14.1. The van der Waals surface area contributed by atoms with E-state index in [1.165, 1.54) is 6.07 Å². The highest BCUT2D eigenvalue weighted by molar-refractivity contribution is 6.07. The zero-order valence-electron chi connectivity index (χ0n) is 15.3. The lowest BCUT2D eigenvalue weighted by molar-refractivity contribution is -0.141. The molecule has 26 heavy (non-hydrogen) atoms. The molecule has 3 rings (SSSR count). The summed E-state index contributed by atoms with van der Waals surface area (Å²) in [5, 5.41) is 0.718. The van der Waals surface area contributed by atoms with Crippen molar-refractivity contribution >= 4 is 30.6 Å². The van der Waals surface area contributed by atoms with E-state index in [0.29, 0.717) is 24.4 Å². The molecule has 1 fully saturated rings. The molecule has 1 aromatic heterocycles. The van der Waals surface area contributed by atoms with Gasteiger partial charge in [0, 0.05) is 17.1 Å². The smallest absolute Gasteiger partial charge is 0.378 e. The fraction of sp³-hybridized carbons (Fsp3) is 0.500. The van der Waals surface area contributed by atoms with Crippen LogP contribution in [0.25, 0.3) is 10.9 Å². The minimum absolute atomic E-state index is 0.0435. The number of aromatic nitrogens is 1. The van der Waals surface area contributed by atoms with E-state index in [1.54, 1.807) is 26.0 Å². The number of carbonyl (C=O) groups is 1. The van der Waals surface area contributed by atoms with Crippen molar-refractivity contribution in [3.8, 4) is 0 Å². The van der Waals surface area contributed by atoms with Gasteiger partial charge in [-0.05, 0) is 39.8 Å². The first-order valence-corrected chi connectivity index (χ1v) is 8.37. The molecular formula is C18H22BFN2O4. The van der Waals surface area contributed by atoms with Gasteiger partial charge >= 0.3 is 8.05 Å². The molecule has 8 heteroatoms. The van der Waals surface area contributed by atoms with Crippen molar-refractivity contribution in [2.75, 3.05) is 12.3 Å². The molecule has 1 aliphatic heterocycles. The number of ether oxygens (including phenoxy) is 2. The summed E-state index contributed by atoms with van der Waals surface area (Å²) in [5.74, 6) is -1.81. The highest BCUT2D eigenvalue weighted by atomic mass is 19.1. The lowest BCUT2D eigenvalue weighted by atomic mass is 9.89. The van der Waals surface area contributed by atoms with Crippen molar-refractivity contribution in [1.82, 2.24) is 4.57 Å². The molecule has 1 aliphatic rings. The monoisotopic (exact) mass is 360 g/mol. The third-order valence-electron chi connectivity index (χ3n) is 4.73. The minimum Gasteiger partial charge on any atom is -0.543 e. The van der Waals surface area contributed by atoms with Crippen molar-refractivity contribution in [3.63, 3.8) is 0 Å². The van der Waals surface area contributed by atoms with E-state index in [0.717, 1.165) is 5.39 Å². The number of nitrogens with two attached hydrogens (primary N) is 1. The molecule has 2 N–H and O–H groups in total. The number of hydrogen-bond donors (Lipinski definition) is 1. The van der Waals surface area contributed by atoms with Crippen molar-refractivity contribution in [2.45, 2.75) is 51.5 Å². The lowest BCUT2D eigenvalue weighted by Crippen LogP contribution is -2.34. The molecule has 1 unspecified atom stereocenters. The second-order valence-corrected chi connectivity index (χ2v) is 7.55. The first-order valence-electron chi connectivity index (χ1n) is 8.37. The van der Waals surface area contributed by atoms with Gasteiger partial charge in [0.15, 0.2) is 5.79 Å². The Hall–Kier alpha value is -2.06. The van der Waals surface area contributed by atoms with Gasteiger partial charge in [-0.25, -0.2) is 4.39 Å². The van der Waals surface area contributed by atoms with Crippen molar-refractivity contribution in [2.24, 2.45) is 0 Å². The number of benzene rings is 1. The SMILES string of the molecule is [B]OC(=O)C(C)(C)c1cc2cc(N)c(F)cc2n1CC1COC(C)(C)O1. The molecule has 138 valence electrons. The van der Waals surface area contributed by atoms with Gasteiger partial charge in [-0.3, -0.25) is 4.79 Å². The Labute approximate surface area is 152 Å². The maximum absolute atomic E-state index is 14.1. The van der Waals surface area contributed by atoms with Gasteiger partial charge in [0.05, 0.1) is 24.4 Å². The maximum Gasteiger partial charge on any atom is 0.378 e. The Morgan fingerprint density at radius 2 is 2.15 bits per heavy atom. The minimum atomic E-state index is -1.05. The van der Waals surface area contributed by atoms with E-state index < -0.39 is 23.0 Å². The molecule has 2 heterocycles. The summed E-state index contributed by atoms with van der Waals surface area (Å²) >= 11 is 0. The third-order valence-corrected chi connectivity index (χ3v) is 4.73. The fourth-order valence-electron chi connectivity index (χ4n) is 3.32. The Bertz CT molecular complexity index is 862. The van der Waals surface area contributed by atoms with E-state index in [1.807, 2.05) is 18.4 Å². The number of hydrogen-bond acceptors (Lipinski definition) is 5. The number of nitrogen functional groups attached to an aromatic ring is 1. The molecule has 2 aromatic rings. The second kappa shape index (κ2) is 6.28. The Morgan fingerprint density at radius 1 is 1.46 bits per heavy atom. The largest absolute Gasteiger partial charge is 0.543 e. The number of carbonyl (C=O) groups excluding carboxylic acids is 1. The third kappa shape index (κ3) is 3.19. The second-order valence-electron chi connectivity index (χ2n) is 7.55. The zero-order chi connectivity index (χ0) is 19.3. The average molecular weight is 360 g/mol. The van der Waals surface area contributed by atoms with E-state index >= 15 is 0 Å². The molecule has 0 amide bonds. The highest BCUT2D eigenvalue weighted by Gasteiger charge is 2.37.